The number of nitrogens with one attached hydrogen (secondary N) is 13. The Kier molecular flexibility index (Phi) is 22.8. The number of rotatable bonds is 20. The van der Waals surface area contributed by atoms with Gasteiger partial charge in [0.1, 0.15) is 0 Å². The molecule has 0 radical (unpaired) electrons. The number of aromatic nitrogens is 3. The summed E-state index contributed by atoms with van der Waals surface area (Å²) >= 11 is 0. The van der Waals surface area contributed by atoms with E-state index in [0.717, 1.165) is 39.9 Å². The summed E-state index contributed by atoms with van der Waals surface area (Å²) in [6, 6.07) is 6.71. The van der Waals surface area contributed by atoms with E-state index in [1.54, 1.807) is 31.6 Å². The smallest absolute Gasteiger partial charge is 0.407 e. The first-order valence-electron chi connectivity index (χ1n) is 34.1. The fourth-order valence-corrected chi connectivity index (χ4v) is 14.1. The van der Waals surface area contributed by atoms with Crippen LogP contribution in [-0.2, 0) is 103 Å². The normalized spacial score (nSPS) is 17.7. The average molecular weight is 1420 g/mol. The summed E-state index contributed by atoms with van der Waals surface area (Å²) in [5, 5.41) is 86.6. The number of carbonyl (C=O) groups excluding carboxylic acids is 7. The van der Waals surface area contributed by atoms with Crippen molar-refractivity contribution in [2.75, 3.05) is 39.7 Å². The van der Waals surface area contributed by atoms with Gasteiger partial charge in [-0.1, -0.05) is 45.4 Å². The van der Waals surface area contributed by atoms with E-state index in [9.17, 15) is 58.5 Å². The van der Waals surface area contributed by atoms with Crippen LogP contribution in [0.1, 0.15) is 176 Å². The lowest BCUT2D eigenvalue weighted by Gasteiger charge is -2.46. The van der Waals surface area contributed by atoms with E-state index in [4.69, 9.17) is 9.84 Å². The van der Waals surface area contributed by atoms with Gasteiger partial charge in [-0.2, -0.15) is 0 Å². The van der Waals surface area contributed by atoms with E-state index in [-0.39, 0.29) is 96.4 Å². The van der Waals surface area contributed by atoms with E-state index >= 15 is 9.59 Å². The molecule has 1 aromatic heterocycles. The maximum Gasteiger partial charge on any atom is 0.407 e. The molecule has 32 nitrogen and oxygen atoms in total. The summed E-state index contributed by atoms with van der Waals surface area (Å²) in [7, 11) is 0. The number of ether oxygens (including phenoxy) is 1. The first-order valence-corrected chi connectivity index (χ1v) is 34.1. The SMILES string of the molecule is CCc1c2c(CC)c3c(CC)c1CNC(=O)Nc1ccc(C(=O)O)cc1NC(=O)C1(NCc4c(C)c(c(CCCn5cc(CCCOC(=O)NCCCC[C@H](C)C(=O)O)nn5)c5c4C(C)(C5)NC(=O)Nc4cc(C(=O)O)ccc41)CNC(=O)Nc1cc(C(=O)O)ccc1NC(=O)NC2)NC(=O)NC3. The van der Waals surface area contributed by atoms with Crippen LogP contribution in [-0.4, -0.2) is 115 Å². The molecule has 3 atom stereocenters. The number of fused-ring (bicyclic) bond motifs is 10. The van der Waals surface area contributed by atoms with Crippen LogP contribution < -0.4 is 69.1 Å². The number of unbranched alkanes of at least 4 members (excludes halogenated alkanes) is 1. The molecule has 32 heteroatoms. The van der Waals surface area contributed by atoms with Crippen LogP contribution in [0.4, 0.5) is 57.2 Å². The molecule has 103 heavy (non-hydrogen) atoms. The highest BCUT2D eigenvalue weighted by Crippen LogP contribution is 2.48. The molecule has 0 saturated carbocycles. The molecule has 544 valence electrons. The second-order valence-corrected chi connectivity index (χ2v) is 25.9. The maximum atomic E-state index is 16.3. The number of carboxylic acid groups (broad SMARTS) is 4. The summed E-state index contributed by atoms with van der Waals surface area (Å²) in [5.41, 5.74) is 2.70. The highest BCUT2D eigenvalue weighted by atomic mass is 16.5. The lowest BCUT2D eigenvalue weighted by molar-refractivity contribution is -0.141. The highest BCUT2D eigenvalue weighted by molar-refractivity contribution is 6.08. The molecular formula is C71H84N16O16. The molecule has 0 saturated heterocycles. The number of aromatic carboxylic acids is 3. The third-order valence-corrected chi connectivity index (χ3v) is 19.2. The number of hydrogen-bond acceptors (Lipinski definition) is 15. The summed E-state index contributed by atoms with van der Waals surface area (Å²) in [6.07, 6.45) is 5.74. The number of benzene rings is 5. The Morgan fingerprint density at radius 1 is 0.573 bits per heavy atom. The summed E-state index contributed by atoms with van der Waals surface area (Å²) < 4.78 is 7.01. The van der Waals surface area contributed by atoms with Gasteiger partial charge in [0, 0.05) is 64.0 Å². The number of alkyl carbamates (subject to hydrolysis) is 1. The number of anilines is 5. The molecule has 4 heterocycles. The van der Waals surface area contributed by atoms with E-state index in [1.807, 2.05) is 20.8 Å². The fraction of sp³-hybridized carbons (Fsp3) is 0.394. The molecule has 12 amide bonds. The molecule has 6 aromatic rings. The molecule has 4 aliphatic rings. The number of nitrogens with zero attached hydrogens (tertiary/aromatic N) is 3. The minimum absolute atomic E-state index is 0.0305. The monoisotopic (exact) mass is 1420 g/mol. The average Bonchev–Trinajstić information content (AvgIpc) is 1.59. The zero-order valence-corrected chi connectivity index (χ0v) is 57.8. The molecule has 5 aromatic carbocycles. The Morgan fingerprint density at radius 2 is 1.10 bits per heavy atom. The second-order valence-electron chi connectivity index (χ2n) is 25.9. The molecule has 10 rings (SSSR count). The van der Waals surface area contributed by atoms with Gasteiger partial charge in [-0.05, 0) is 187 Å². The van der Waals surface area contributed by atoms with E-state index in [2.05, 4.69) is 79.4 Å². The second kappa shape index (κ2) is 31.8. The van der Waals surface area contributed by atoms with Crippen molar-refractivity contribution >= 4 is 94.5 Å². The predicted molar refractivity (Wildman–Crippen MR) is 376 cm³/mol. The number of amides is 12. The van der Waals surface area contributed by atoms with Crippen molar-refractivity contribution in [2.24, 2.45) is 5.92 Å². The van der Waals surface area contributed by atoms with E-state index in [0.29, 0.717) is 122 Å². The summed E-state index contributed by atoms with van der Waals surface area (Å²) in [4.78, 5) is 152. The van der Waals surface area contributed by atoms with Gasteiger partial charge < -0.3 is 89.0 Å². The third kappa shape index (κ3) is 16.5. The van der Waals surface area contributed by atoms with Gasteiger partial charge in [0.05, 0.1) is 68.9 Å². The largest absolute Gasteiger partial charge is 0.481 e. The van der Waals surface area contributed by atoms with Gasteiger partial charge in [-0.25, -0.2) is 43.2 Å². The van der Waals surface area contributed by atoms with Crippen molar-refractivity contribution in [3.05, 3.63) is 156 Å². The van der Waals surface area contributed by atoms with Crippen LogP contribution in [0.25, 0.3) is 0 Å². The van der Waals surface area contributed by atoms with Crippen molar-refractivity contribution in [2.45, 2.75) is 163 Å². The van der Waals surface area contributed by atoms with Crippen LogP contribution in [0.3, 0.4) is 0 Å². The Bertz CT molecular complexity index is 4420. The molecule has 2 unspecified atom stereocenters. The maximum absolute atomic E-state index is 16.3. The molecular weight excluding hydrogens is 1330 g/mol. The number of aliphatic carboxylic acids is 1. The number of aryl methyl sites for hydroxylation is 2. The van der Waals surface area contributed by atoms with Crippen molar-refractivity contribution in [3.63, 3.8) is 0 Å². The Hall–Kier alpha value is -11.8. The third-order valence-electron chi connectivity index (χ3n) is 19.2. The lowest BCUT2D eigenvalue weighted by atomic mass is 9.65. The lowest BCUT2D eigenvalue weighted by Crippen LogP contribution is -2.64. The van der Waals surface area contributed by atoms with Gasteiger partial charge in [-0.3, -0.25) is 19.6 Å². The van der Waals surface area contributed by atoms with Crippen molar-refractivity contribution in [3.8, 4) is 0 Å². The zero-order valence-electron chi connectivity index (χ0n) is 57.8. The van der Waals surface area contributed by atoms with Gasteiger partial charge in [0.15, 0.2) is 0 Å². The first kappa shape index (κ1) is 73.9. The summed E-state index contributed by atoms with van der Waals surface area (Å²) in [5.74, 6) is -6.64. The van der Waals surface area contributed by atoms with Gasteiger partial charge in [-0.15, -0.1) is 5.10 Å². The molecule has 0 fully saturated rings. The van der Waals surface area contributed by atoms with Gasteiger partial charge >= 0.3 is 60.1 Å². The Morgan fingerprint density at radius 3 is 1.66 bits per heavy atom. The van der Waals surface area contributed by atoms with Crippen LogP contribution in [0.2, 0.25) is 0 Å². The van der Waals surface area contributed by atoms with Gasteiger partial charge in [0.25, 0.3) is 5.91 Å². The molecule has 1 aliphatic carbocycles. The van der Waals surface area contributed by atoms with Crippen LogP contribution >= 0.6 is 0 Å². The number of hydrogen-bond donors (Lipinski definition) is 17. The number of carbonyl (C=O) groups is 11. The zero-order chi connectivity index (χ0) is 74.0. The van der Waals surface area contributed by atoms with E-state index in [1.165, 1.54) is 42.5 Å². The van der Waals surface area contributed by atoms with Crippen molar-refractivity contribution in [1.82, 2.24) is 57.5 Å². The Labute approximate surface area is 591 Å². The summed E-state index contributed by atoms with van der Waals surface area (Å²) in [6.45, 7) is 10.6. The topological polar surface area (TPSA) is 465 Å². The minimum Gasteiger partial charge on any atom is -0.481 e. The van der Waals surface area contributed by atoms with Crippen LogP contribution in [0.15, 0.2) is 60.8 Å². The van der Waals surface area contributed by atoms with Crippen molar-refractivity contribution < 1.29 is 77.9 Å². The van der Waals surface area contributed by atoms with Crippen molar-refractivity contribution in [1.29, 1.82) is 0 Å². The van der Waals surface area contributed by atoms with Gasteiger partial charge in [0.2, 0.25) is 5.66 Å². The number of carboxylic acids is 4. The first-order chi connectivity index (χ1) is 49.2. The molecule has 3 aliphatic heterocycles. The standard InChI is InChI=1S/C71H84N16O16/c1-7-42-49-31-74-64(97)79-53-21-18-39(61(92)93)27-56(53)78-63(96)71-52-20-17-38(60(90)91)26-55(52)81-68(101)83-70(6)29-46-45(16-12-24-87-35-41(85-86-87)15-13-25-103-69(102)72-23-11-10-14-36(4)59(88)89)47(37(5)48(34-77-71)58(46)70)30-73-66(99)82-57-28-40(62(94)95)19-22-54(57)80-65(98)75-32-50(42)44(9-3)51(43(49)8-2)33-76-67(100)84-71/h17-22,26-28,35-36,77H,7-16,23-25,29-34H2,1-6H3,(H,72,102)(H,78,96)(H,88,89)(H,90,91)(H,92,93)(H,94,95)(H2,73,82,99)(H2,74,79,97)(H2,75,80,98)(H2,76,84,100)(H2,81,83,101)/t36-,70?,71?/m0/s1. The molecule has 6 bridgehead atoms. The van der Waals surface area contributed by atoms with Crippen LogP contribution in [0, 0.1) is 12.8 Å². The fourth-order valence-electron chi connectivity index (χ4n) is 14.1. The molecule has 17 N–H and O–H groups in total. The quantitative estimate of drug-likeness (QED) is 0.0321. The highest BCUT2D eigenvalue weighted by Gasteiger charge is 2.49. The molecule has 1 spiro atoms. The van der Waals surface area contributed by atoms with E-state index < -0.39 is 83.2 Å². The minimum atomic E-state index is -2.64. The predicted octanol–water partition coefficient (Wildman–Crippen LogP) is 8.13. The Balaban J connectivity index is 1.10. The van der Waals surface area contributed by atoms with Crippen LogP contribution in [0.5, 0.6) is 0 Å². The number of urea groups is 5.